The Hall–Kier alpha value is -4.38. The summed E-state index contributed by atoms with van der Waals surface area (Å²) in [7, 11) is 1.61. The Morgan fingerprint density at radius 1 is 1.00 bits per heavy atom. The number of furan rings is 1. The van der Waals surface area contributed by atoms with Gasteiger partial charge in [0, 0.05) is 33.8 Å². The molecule has 0 saturated carbocycles. The SMILES string of the molecule is COc1c(/C(C)=C/C(=O)Nc2ccc(F)cc2)cc2c(-c3ccc4ccccc4c3)coc2c1C. The minimum atomic E-state index is -0.356. The van der Waals surface area contributed by atoms with Crippen molar-refractivity contribution < 1.29 is 18.3 Å². The summed E-state index contributed by atoms with van der Waals surface area (Å²) in [5, 5.41) is 6.04. The van der Waals surface area contributed by atoms with Gasteiger partial charge in [-0.3, -0.25) is 4.79 Å². The molecule has 0 spiro atoms. The predicted molar refractivity (Wildman–Crippen MR) is 139 cm³/mol. The number of rotatable bonds is 5. The predicted octanol–water partition coefficient (Wildman–Crippen LogP) is 7.75. The van der Waals surface area contributed by atoms with Gasteiger partial charge in [0.15, 0.2) is 0 Å². The maximum atomic E-state index is 13.2. The average molecular weight is 466 g/mol. The monoisotopic (exact) mass is 465 g/mol. The minimum absolute atomic E-state index is 0.309. The number of hydrogen-bond donors (Lipinski definition) is 1. The number of nitrogens with one attached hydrogen (secondary N) is 1. The van der Waals surface area contributed by atoms with Crippen molar-refractivity contribution in [3.8, 4) is 16.9 Å². The van der Waals surface area contributed by atoms with E-state index in [2.05, 4.69) is 35.6 Å². The number of benzene rings is 4. The van der Waals surface area contributed by atoms with E-state index in [1.54, 1.807) is 13.4 Å². The molecule has 174 valence electrons. The molecule has 1 heterocycles. The lowest BCUT2D eigenvalue weighted by molar-refractivity contribution is -0.111. The number of halogens is 1. The molecule has 0 saturated heterocycles. The van der Waals surface area contributed by atoms with Crippen LogP contribution in [0.2, 0.25) is 0 Å². The van der Waals surface area contributed by atoms with E-state index in [1.807, 2.05) is 32.0 Å². The zero-order chi connectivity index (χ0) is 24.5. The minimum Gasteiger partial charge on any atom is -0.496 e. The van der Waals surface area contributed by atoms with Crippen molar-refractivity contribution in [3.05, 3.63) is 102 Å². The van der Waals surface area contributed by atoms with Crippen molar-refractivity contribution in [1.82, 2.24) is 0 Å². The van der Waals surface area contributed by atoms with Crippen molar-refractivity contribution in [2.24, 2.45) is 0 Å². The summed E-state index contributed by atoms with van der Waals surface area (Å²) in [5.74, 6) is -0.0123. The molecule has 4 aromatic carbocycles. The summed E-state index contributed by atoms with van der Waals surface area (Å²) in [5.41, 5.74) is 5.69. The van der Waals surface area contributed by atoms with Crippen LogP contribution in [0, 0.1) is 12.7 Å². The molecule has 1 amide bonds. The van der Waals surface area contributed by atoms with Gasteiger partial charge in [0.1, 0.15) is 17.1 Å². The Kier molecular flexibility index (Phi) is 5.83. The number of hydrogen-bond acceptors (Lipinski definition) is 3. The lowest BCUT2D eigenvalue weighted by Crippen LogP contribution is -2.08. The van der Waals surface area contributed by atoms with Gasteiger partial charge in [-0.05, 0) is 72.2 Å². The van der Waals surface area contributed by atoms with E-state index in [0.29, 0.717) is 11.4 Å². The highest BCUT2D eigenvalue weighted by Crippen LogP contribution is 2.41. The van der Waals surface area contributed by atoms with E-state index in [0.717, 1.165) is 44.2 Å². The Balaban J connectivity index is 1.57. The summed E-state index contributed by atoms with van der Waals surface area (Å²) in [6, 6.07) is 22.2. The second-order valence-electron chi connectivity index (χ2n) is 8.49. The topological polar surface area (TPSA) is 51.5 Å². The third-order valence-electron chi connectivity index (χ3n) is 6.19. The summed E-state index contributed by atoms with van der Waals surface area (Å²) >= 11 is 0. The van der Waals surface area contributed by atoms with Gasteiger partial charge < -0.3 is 14.5 Å². The smallest absolute Gasteiger partial charge is 0.248 e. The molecule has 5 heteroatoms. The van der Waals surface area contributed by atoms with Crippen molar-refractivity contribution in [3.63, 3.8) is 0 Å². The molecule has 0 aliphatic rings. The van der Waals surface area contributed by atoms with Crippen LogP contribution in [0.4, 0.5) is 10.1 Å². The lowest BCUT2D eigenvalue weighted by atomic mass is 9.95. The number of anilines is 1. The number of methoxy groups -OCH3 is 1. The zero-order valence-electron chi connectivity index (χ0n) is 19.7. The fourth-order valence-electron chi connectivity index (χ4n) is 4.44. The molecule has 0 aliphatic carbocycles. The average Bonchev–Trinajstić information content (AvgIpc) is 3.29. The number of amides is 1. The lowest BCUT2D eigenvalue weighted by Gasteiger charge is -2.13. The summed E-state index contributed by atoms with van der Waals surface area (Å²) in [4.78, 5) is 12.7. The molecule has 1 aromatic heterocycles. The molecule has 0 radical (unpaired) electrons. The fraction of sp³-hybridized carbons (Fsp3) is 0.100. The van der Waals surface area contributed by atoms with E-state index in [-0.39, 0.29) is 11.7 Å². The van der Waals surface area contributed by atoms with E-state index < -0.39 is 0 Å². The number of carbonyl (C=O) groups excluding carboxylic acids is 1. The van der Waals surface area contributed by atoms with Crippen LogP contribution in [-0.2, 0) is 4.79 Å². The van der Waals surface area contributed by atoms with Crippen molar-refractivity contribution in [1.29, 1.82) is 0 Å². The third kappa shape index (κ3) is 4.28. The van der Waals surface area contributed by atoms with E-state index in [1.165, 1.54) is 35.7 Å². The second kappa shape index (κ2) is 9.11. The van der Waals surface area contributed by atoms with Gasteiger partial charge in [0.05, 0.1) is 13.4 Å². The van der Waals surface area contributed by atoms with Gasteiger partial charge in [-0.1, -0.05) is 36.4 Å². The Morgan fingerprint density at radius 3 is 2.49 bits per heavy atom. The van der Waals surface area contributed by atoms with E-state index >= 15 is 0 Å². The van der Waals surface area contributed by atoms with Gasteiger partial charge in [0.2, 0.25) is 5.91 Å². The summed E-state index contributed by atoms with van der Waals surface area (Å²) in [6.45, 7) is 3.81. The second-order valence-corrected chi connectivity index (χ2v) is 8.49. The Labute approximate surface area is 202 Å². The van der Waals surface area contributed by atoms with Crippen LogP contribution in [0.15, 0.2) is 89.6 Å². The molecule has 4 nitrogen and oxygen atoms in total. The molecular formula is C30H24FNO3. The fourth-order valence-corrected chi connectivity index (χ4v) is 4.44. The molecular weight excluding hydrogens is 441 g/mol. The van der Waals surface area contributed by atoms with Crippen LogP contribution < -0.4 is 10.1 Å². The molecule has 35 heavy (non-hydrogen) atoms. The number of carbonyl (C=O) groups is 1. The highest BCUT2D eigenvalue weighted by Gasteiger charge is 2.19. The van der Waals surface area contributed by atoms with Crippen LogP contribution in [0.1, 0.15) is 18.1 Å². The number of allylic oxidation sites excluding steroid dienone is 1. The van der Waals surface area contributed by atoms with E-state index in [9.17, 15) is 9.18 Å². The number of fused-ring (bicyclic) bond motifs is 2. The molecule has 5 rings (SSSR count). The van der Waals surface area contributed by atoms with Crippen LogP contribution in [0.25, 0.3) is 38.4 Å². The quantitative estimate of drug-likeness (QED) is 0.270. The largest absolute Gasteiger partial charge is 0.496 e. The van der Waals surface area contributed by atoms with Crippen molar-refractivity contribution in [2.75, 3.05) is 12.4 Å². The van der Waals surface area contributed by atoms with Gasteiger partial charge in [-0.2, -0.15) is 0 Å². The van der Waals surface area contributed by atoms with Gasteiger partial charge in [0.25, 0.3) is 0 Å². The van der Waals surface area contributed by atoms with Crippen LogP contribution in [-0.4, -0.2) is 13.0 Å². The molecule has 0 aliphatic heterocycles. The molecule has 0 unspecified atom stereocenters. The molecule has 0 fully saturated rings. The van der Waals surface area contributed by atoms with Gasteiger partial charge in [-0.15, -0.1) is 0 Å². The van der Waals surface area contributed by atoms with Crippen LogP contribution in [0.3, 0.4) is 0 Å². The van der Waals surface area contributed by atoms with Crippen LogP contribution >= 0.6 is 0 Å². The first kappa shape index (κ1) is 22.4. The van der Waals surface area contributed by atoms with Gasteiger partial charge >= 0.3 is 0 Å². The molecule has 0 atom stereocenters. The molecule has 5 aromatic rings. The maximum Gasteiger partial charge on any atom is 0.248 e. The third-order valence-corrected chi connectivity index (χ3v) is 6.19. The molecule has 0 bridgehead atoms. The zero-order valence-corrected chi connectivity index (χ0v) is 19.7. The van der Waals surface area contributed by atoms with Crippen molar-refractivity contribution >= 4 is 38.9 Å². The number of ether oxygens (including phenoxy) is 1. The summed E-state index contributed by atoms with van der Waals surface area (Å²) < 4.78 is 24.9. The highest BCUT2D eigenvalue weighted by molar-refractivity contribution is 6.06. The first-order valence-corrected chi connectivity index (χ1v) is 11.3. The molecule has 1 N–H and O–H groups in total. The van der Waals surface area contributed by atoms with E-state index in [4.69, 9.17) is 9.15 Å². The maximum absolute atomic E-state index is 13.2. The highest BCUT2D eigenvalue weighted by atomic mass is 19.1. The van der Waals surface area contributed by atoms with Gasteiger partial charge in [-0.25, -0.2) is 4.39 Å². The number of aryl methyl sites for hydroxylation is 1. The Bertz CT molecular complexity index is 1600. The normalized spacial score (nSPS) is 11.7. The first-order valence-electron chi connectivity index (χ1n) is 11.3. The first-order chi connectivity index (χ1) is 16.9. The summed E-state index contributed by atoms with van der Waals surface area (Å²) in [6.07, 6.45) is 3.29. The Morgan fingerprint density at radius 2 is 1.74 bits per heavy atom. The van der Waals surface area contributed by atoms with Crippen molar-refractivity contribution in [2.45, 2.75) is 13.8 Å². The standard InChI is InChI=1S/C30H24FNO3/c1-18(14-28(33)32-24-12-10-23(31)11-13-24)25-16-26-27(17-35-30(26)19(2)29(25)34-3)22-9-8-20-6-4-5-7-21(20)15-22/h4-17H,1-3H3,(H,32,33)/b18-14+. The van der Waals surface area contributed by atoms with Crippen LogP contribution in [0.5, 0.6) is 5.75 Å².